The molecule has 3 aromatic carbocycles. The molecule has 0 heterocycles. The van der Waals surface area contributed by atoms with Crippen LogP contribution < -0.4 is 15.9 Å². The van der Waals surface area contributed by atoms with Crippen LogP contribution in [0.3, 0.4) is 0 Å². The van der Waals surface area contributed by atoms with Crippen molar-refractivity contribution in [3.8, 4) is 5.75 Å². The third-order valence-corrected chi connectivity index (χ3v) is 7.30. The summed E-state index contributed by atoms with van der Waals surface area (Å²) in [7, 11) is -3.02. The Kier molecular flexibility index (Phi) is 5.25. The van der Waals surface area contributed by atoms with Crippen molar-refractivity contribution in [1.29, 1.82) is 0 Å². The first-order chi connectivity index (χ1) is 12.1. The summed E-state index contributed by atoms with van der Waals surface area (Å²) < 4.78 is 14.2. The molecule has 0 aliphatic carbocycles. The summed E-state index contributed by atoms with van der Waals surface area (Å²) in [6.45, 7) is 2.83. The SMILES string of the molecule is CCNc1ccccc1C[P@](=O)(c1ccccc1)c1ccccc1O. The number of hydrogen-bond acceptors (Lipinski definition) is 3. The average molecular weight is 351 g/mol. The minimum absolute atomic E-state index is 0.0793. The van der Waals surface area contributed by atoms with E-state index >= 15 is 0 Å². The van der Waals surface area contributed by atoms with E-state index in [2.05, 4.69) is 5.32 Å². The van der Waals surface area contributed by atoms with Crippen molar-refractivity contribution in [2.45, 2.75) is 13.1 Å². The zero-order chi connectivity index (χ0) is 17.7. The molecule has 0 radical (unpaired) electrons. The zero-order valence-electron chi connectivity index (χ0n) is 14.2. The number of rotatable bonds is 6. The van der Waals surface area contributed by atoms with Crippen LogP contribution in [0, 0.1) is 0 Å². The van der Waals surface area contributed by atoms with Crippen molar-refractivity contribution in [3.05, 3.63) is 84.4 Å². The fraction of sp³-hybridized carbons (Fsp3) is 0.143. The first-order valence-corrected chi connectivity index (χ1v) is 10.3. The molecular weight excluding hydrogens is 329 g/mol. The molecule has 0 aromatic heterocycles. The minimum atomic E-state index is -3.02. The van der Waals surface area contributed by atoms with E-state index in [9.17, 15) is 9.67 Å². The number of benzene rings is 3. The van der Waals surface area contributed by atoms with Gasteiger partial charge in [-0.15, -0.1) is 0 Å². The molecule has 3 nitrogen and oxygen atoms in total. The topological polar surface area (TPSA) is 49.3 Å². The van der Waals surface area contributed by atoms with Gasteiger partial charge in [-0.25, -0.2) is 0 Å². The van der Waals surface area contributed by atoms with Crippen LogP contribution in [0.4, 0.5) is 5.69 Å². The monoisotopic (exact) mass is 351 g/mol. The van der Waals surface area contributed by atoms with Crippen LogP contribution in [0.1, 0.15) is 12.5 Å². The highest BCUT2D eigenvalue weighted by atomic mass is 31.2. The maximum Gasteiger partial charge on any atom is 0.151 e. The fourth-order valence-electron chi connectivity index (χ4n) is 3.01. The second kappa shape index (κ2) is 7.58. The van der Waals surface area contributed by atoms with Crippen molar-refractivity contribution < 1.29 is 9.67 Å². The van der Waals surface area contributed by atoms with Crippen LogP contribution in [0.25, 0.3) is 0 Å². The number of phenols is 1. The molecule has 0 spiro atoms. The predicted octanol–water partition coefficient (Wildman–Crippen LogP) is 4.34. The van der Waals surface area contributed by atoms with Crippen molar-refractivity contribution in [2.24, 2.45) is 0 Å². The van der Waals surface area contributed by atoms with Crippen LogP contribution in [-0.4, -0.2) is 11.7 Å². The molecule has 0 aliphatic heterocycles. The molecule has 0 aliphatic rings. The lowest BCUT2D eigenvalue weighted by atomic mass is 10.2. The molecule has 128 valence electrons. The normalized spacial score (nSPS) is 13.2. The Labute approximate surface area is 148 Å². The summed E-state index contributed by atoms with van der Waals surface area (Å²) in [6, 6.07) is 24.3. The summed E-state index contributed by atoms with van der Waals surface area (Å²) in [5.74, 6) is 0.0793. The Morgan fingerprint density at radius 2 is 1.52 bits per heavy atom. The zero-order valence-corrected chi connectivity index (χ0v) is 15.1. The maximum absolute atomic E-state index is 14.2. The van der Waals surface area contributed by atoms with Gasteiger partial charge in [-0.1, -0.05) is 60.7 Å². The molecule has 0 saturated carbocycles. The quantitative estimate of drug-likeness (QED) is 0.650. The molecule has 0 fully saturated rings. The Bertz CT molecular complexity index is 893. The van der Waals surface area contributed by atoms with Gasteiger partial charge < -0.3 is 15.0 Å². The van der Waals surface area contributed by atoms with E-state index in [0.717, 1.165) is 23.1 Å². The molecule has 0 unspecified atom stereocenters. The molecule has 3 rings (SSSR count). The molecular formula is C21H22NO2P. The smallest absolute Gasteiger partial charge is 0.151 e. The standard InChI is InChI=1S/C21H22NO2P/c1-2-22-19-13-7-6-10-17(19)16-25(24,18-11-4-3-5-12-18)21-15-9-8-14-20(21)23/h3-15,22-23H,2,16H2,1H3/t25-/m0/s1. The summed E-state index contributed by atoms with van der Waals surface area (Å²) in [5, 5.41) is 15.0. The van der Waals surface area contributed by atoms with E-state index in [-0.39, 0.29) is 5.75 Å². The summed E-state index contributed by atoms with van der Waals surface area (Å²) in [6.07, 6.45) is 0.359. The lowest BCUT2D eigenvalue weighted by Gasteiger charge is -2.22. The summed E-state index contributed by atoms with van der Waals surface area (Å²) >= 11 is 0. The second-order valence-corrected chi connectivity index (χ2v) is 8.70. The molecule has 2 N–H and O–H groups in total. The van der Waals surface area contributed by atoms with Gasteiger partial charge in [-0.05, 0) is 30.7 Å². The van der Waals surface area contributed by atoms with E-state index in [0.29, 0.717) is 11.5 Å². The van der Waals surface area contributed by atoms with E-state index in [4.69, 9.17) is 0 Å². The van der Waals surface area contributed by atoms with Gasteiger partial charge in [0.2, 0.25) is 0 Å². The third-order valence-electron chi connectivity index (χ3n) is 4.22. The Hall–Kier alpha value is -2.51. The van der Waals surface area contributed by atoms with E-state index < -0.39 is 7.14 Å². The Morgan fingerprint density at radius 3 is 2.24 bits per heavy atom. The fourth-order valence-corrected chi connectivity index (χ4v) is 5.83. The highest BCUT2D eigenvalue weighted by molar-refractivity contribution is 7.78. The van der Waals surface area contributed by atoms with Crippen LogP contribution >= 0.6 is 7.14 Å². The first-order valence-electron chi connectivity index (χ1n) is 8.40. The molecule has 0 amide bonds. The summed E-state index contributed by atoms with van der Waals surface area (Å²) in [4.78, 5) is 0. The molecule has 0 bridgehead atoms. The lowest BCUT2D eigenvalue weighted by Crippen LogP contribution is -2.18. The van der Waals surface area contributed by atoms with Crippen LogP contribution in [0.2, 0.25) is 0 Å². The minimum Gasteiger partial charge on any atom is -0.507 e. The van der Waals surface area contributed by atoms with Gasteiger partial charge in [-0.2, -0.15) is 0 Å². The van der Waals surface area contributed by atoms with Gasteiger partial charge in [0.25, 0.3) is 0 Å². The van der Waals surface area contributed by atoms with Gasteiger partial charge >= 0.3 is 0 Å². The van der Waals surface area contributed by atoms with Crippen LogP contribution in [-0.2, 0) is 10.7 Å². The van der Waals surface area contributed by atoms with Gasteiger partial charge in [0, 0.05) is 23.7 Å². The van der Waals surface area contributed by atoms with Gasteiger partial charge in [0.05, 0.1) is 5.30 Å². The number of para-hydroxylation sites is 2. The molecule has 4 heteroatoms. The average Bonchev–Trinajstić information content (AvgIpc) is 2.64. The lowest BCUT2D eigenvalue weighted by molar-refractivity contribution is 0.479. The van der Waals surface area contributed by atoms with E-state index in [1.165, 1.54) is 0 Å². The van der Waals surface area contributed by atoms with Gasteiger partial charge in [0.1, 0.15) is 5.75 Å². The Morgan fingerprint density at radius 1 is 0.880 bits per heavy atom. The van der Waals surface area contributed by atoms with Crippen LogP contribution in [0.5, 0.6) is 5.75 Å². The van der Waals surface area contributed by atoms with Crippen LogP contribution in [0.15, 0.2) is 78.9 Å². The van der Waals surface area contributed by atoms with Crippen molar-refractivity contribution in [2.75, 3.05) is 11.9 Å². The van der Waals surface area contributed by atoms with Gasteiger partial charge in [-0.3, -0.25) is 0 Å². The maximum atomic E-state index is 14.2. The number of aromatic hydroxyl groups is 1. The van der Waals surface area contributed by atoms with E-state index in [1.807, 2.05) is 67.6 Å². The predicted molar refractivity (Wildman–Crippen MR) is 106 cm³/mol. The summed E-state index contributed by atoms with van der Waals surface area (Å²) in [5.41, 5.74) is 1.97. The molecule has 25 heavy (non-hydrogen) atoms. The van der Waals surface area contributed by atoms with Gasteiger partial charge in [0.15, 0.2) is 7.14 Å². The Balaban J connectivity index is 2.14. The van der Waals surface area contributed by atoms with Crippen molar-refractivity contribution in [3.63, 3.8) is 0 Å². The number of phenolic OH excluding ortho intramolecular Hbond substituents is 1. The highest BCUT2D eigenvalue weighted by Crippen LogP contribution is 2.50. The number of hydrogen-bond donors (Lipinski definition) is 2. The van der Waals surface area contributed by atoms with E-state index in [1.54, 1.807) is 18.2 Å². The highest BCUT2D eigenvalue weighted by Gasteiger charge is 2.30. The second-order valence-electron chi connectivity index (χ2n) is 5.91. The first kappa shape index (κ1) is 17.3. The number of nitrogens with one attached hydrogen (secondary N) is 1. The molecule has 1 atom stereocenters. The molecule has 0 saturated heterocycles. The van der Waals surface area contributed by atoms with Crippen molar-refractivity contribution >= 4 is 23.4 Å². The number of anilines is 1. The van der Waals surface area contributed by atoms with Crippen molar-refractivity contribution in [1.82, 2.24) is 0 Å². The molecule has 3 aromatic rings. The third kappa shape index (κ3) is 3.62. The largest absolute Gasteiger partial charge is 0.507 e.